The molecular weight excluding hydrogens is 252 g/mol. The third-order valence-electron chi connectivity index (χ3n) is 3.38. The van der Waals surface area contributed by atoms with Gasteiger partial charge in [0.05, 0.1) is 12.4 Å². The Morgan fingerprint density at radius 2 is 2.05 bits per heavy atom. The number of hydrogen-bond donors (Lipinski definition) is 0. The maximum Gasteiger partial charge on any atom is 0.225 e. The first kappa shape index (κ1) is 12.7. The van der Waals surface area contributed by atoms with Gasteiger partial charge in [-0.25, -0.2) is 9.97 Å². The molecule has 2 aromatic heterocycles. The van der Waals surface area contributed by atoms with Gasteiger partial charge in [0.1, 0.15) is 6.26 Å². The molecule has 2 heterocycles. The zero-order valence-corrected chi connectivity index (χ0v) is 11.5. The number of nitrogens with zero attached hydrogens (tertiary/aromatic N) is 2. The van der Waals surface area contributed by atoms with E-state index in [0.29, 0.717) is 11.8 Å². The minimum Gasteiger partial charge on any atom is -0.445 e. The maximum atomic E-state index is 5.83. The first-order valence-corrected chi connectivity index (χ1v) is 6.74. The van der Waals surface area contributed by atoms with Crippen LogP contribution in [0, 0.1) is 0 Å². The van der Waals surface area contributed by atoms with E-state index in [1.54, 1.807) is 18.7 Å². The Balaban J connectivity index is 1.94. The summed E-state index contributed by atoms with van der Waals surface area (Å²) in [5, 5.41) is 0. The van der Waals surface area contributed by atoms with E-state index in [1.807, 2.05) is 24.3 Å². The molecule has 1 aromatic carbocycles. The minimum atomic E-state index is 0.332. The summed E-state index contributed by atoms with van der Waals surface area (Å²) in [4.78, 5) is 8.51. The highest BCUT2D eigenvalue weighted by Crippen LogP contribution is 2.28. The van der Waals surface area contributed by atoms with Crippen molar-refractivity contribution in [1.82, 2.24) is 9.97 Å². The van der Waals surface area contributed by atoms with Crippen molar-refractivity contribution in [2.24, 2.45) is 0 Å². The quantitative estimate of drug-likeness (QED) is 0.698. The predicted octanol–water partition coefficient (Wildman–Crippen LogP) is 4.51. The summed E-state index contributed by atoms with van der Waals surface area (Å²) in [5.41, 5.74) is 1.90. The lowest BCUT2D eigenvalue weighted by Crippen LogP contribution is -1.89. The van der Waals surface area contributed by atoms with E-state index in [4.69, 9.17) is 8.83 Å². The van der Waals surface area contributed by atoms with Gasteiger partial charge in [-0.1, -0.05) is 26.0 Å². The lowest BCUT2D eigenvalue weighted by molar-refractivity contribution is 0.462. The van der Waals surface area contributed by atoms with Crippen LogP contribution in [-0.4, -0.2) is 9.97 Å². The van der Waals surface area contributed by atoms with E-state index in [0.717, 1.165) is 29.2 Å². The summed E-state index contributed by atoms with van der Waals surface area (Å²) in [5.74, 6) is 2.49. The van der Waals surface area contributed by atoms with E-state index >= 15 is 0 Å². The lowest BCUT2D eigenvalue weighted by atomic mass is 10.1. The van der Waals surface area contributed by atoms with Gasteiger partial charge >= 0.3 is 0 Å². The van der Waals surface area contributed by atoms with Gasteiger partial charge < -0.3 is 8.83 Å². The van der Waals surface area contributed by atoms with Gasteiger partial charge in [-0.2, -0.15) is 0 Å². The number of hydrogen-bond acceptors (Lipinski definition) is 4. The van der Waals surface area contributed by atoms with Gasteiger partial charge in [0, 0.05) is 17.0 Å². The SMILES string of the molecule is CCC(C)c1ncc(-c2cccc(-c3ncco3)c2)o1. The Kier molecular flexibility index (Phi) is 3.37. The van der Waals surface area contributed by atoms with Gasteiger partial charge in [-0.15, -0.1) is 0 Å². The van der Waals surface area contributed by atoms with E-state index in [1.165, 1.54) is 0 Å². The van der Waals surface area contributed by atoms with E-state index in [9.17, 15) is 0 Å². The summed E-state index contributed by atoms with van der Waals surface area (Å²) in [6.07, 6.45) is 5.99. The van der Waals surface area contributed by atoms with Gasteiger partial charge in [0.25, 0.3) is 0 Å². The summed E-state index contributed by atoms with van der Waals surface area (Å²) in [6.45, 7) is 4.23. The Bertz CT molecular complexity index is 686. The van der Waals surface area contributed by atoms with Crippen LogP contribution in [-0.2, 0) is 0 Å². The van der Waals surface area contributed by atoms with Crippen LogP contribution in [0.4, 0.5) is 0 Å². The van der Waals surface area contributed by atoms with Gasteiger partial charge in [-0.3, -0.25) is 0 Å². The van der Waals surface area contributed by atoms with Crippen LogP contribution < -0.4 is 0 Å². The fourth-order valence-electron chi connectivity index (χ4n) is 2.00. The molecule has 3 aromatic rings. The molecule has 4 nitrogen and oxygen atoms in total. The van der Waals surface area contributed by atoms with Crippen molar-refractivity contribution in [2.45, 2.75) is 26.2 Å². The zero-order chi connectivity index (χ0) is 13.9. The molecule has 0 radical (unpaired) electrons. The van der Waals surface area contributed by atoms with Crippen molar-refractivity contribution in [3.05, 3.63) is 48.8 Å². The second kappa shape index (κ2) is 5.33. The third-order valence-corrected chi connectivity index (χ3v) is 3.38. The van der Waals surface area contributed by atoms with Crippen LogP contribution >= 0.6 is 0 Å². The molecular formula is C16H16N2O2. The molecule has 0 fully saturated rings. The van der Waals surface area contributed by atoms with Crippen molar-refractivity contribution < 1.29 is 8.83 Å². The molecule has 102 valence electrons. The van der Waals surface area contributed by atoms with Crippen molar-refractivity contribution in [1.29, 1.82) is 0 Å². The average molecular weight is 268 g/mol. The molecule has 1 unspecified atom stereocenters. The van der Waals surface area contributed by atoms with Crippen molar-refractivity contribution in [3.63, 3.8) is 0 Å². The Hall–Kier alpha value is -2.36. The van der Waals surface area contributed by atoms with Crippen molar-refractivity contribution in [3.8, 4) is 22.8 Å². The van der Waals surface area contributed by atoms with Crippen LogP contribution in [0.25, 0.3) is 22.8 Å². The summed E-state index contributed by atoms with van der Waals surface area (Å²) < 4.78 is 11.1. The van der Waals surface area contributed by atoms with E-state index in [2.05, 4.69) is 23.8 Å². The molecule has 0 aliphatic heterocycles. The number of rotatable bonds is 4. The highest BCUT2D eigenvalue weighted by atomic mass is 16.4. The normalized spacial score (nSPS) is 12.5. The monoisotopic (exact) mass is 268 g/mol. The van der Waals surface area contributed by atoms with Gasteiger partial charge in [0.15, 0.2) is 11.7 Å². The van der Waals surface area contributed by atoms with E-state index in [-0.39, 0.29) is 0 Å². The van der Waals surface area contributed by atoms with Crippen molar-refractivity contribution in [2.75, 3.05) is 0 Å². The van der Waals surface area contributed by atoms with Crippen LogP contribution in [0.15, 0.2) is 51.8 Å². The molecule has 0 N–H and O–H groups in total. The number of oxazole rings is 2. The molecule has 4 heteroatoms. The minimum absolute atomic E-state index is 0.332. The summed E-state index contributed by atoms with van der Waals surface area (Å²) in [7, 11) is 0. The Morgan fingerprint density at radius 3 is 2.80 bits per heavy atom. The maximum absolute atomic E-state index is 5.83. The Labute approximate surface area is 117 Å². The molecule has 3 rings (SSSR count). The standard InChI is InChI=1S/C16H16N2O2/c1-3-11(2)15-18-10-14(20-15)12-5-4-6-13(9-12)16-17-7-8-19-16/h4-11H,3H2,1-2H3. The zero-order valence-electron chi connectivity index (χ0n) is 11.5. The van der Waals surface area contributed by atoms with Crippen LogP contribution in [0.5, 0.6) is 0 Å². The van der Waals surface area contributed by atoms with Crippen LogP contribution in [0.1, 0.15) is 32.1 Å². The smallest absolute Gasteiger partial charge is 0.225 e. The first-order valence-electron chi connectivity index (χ1n) is 6.74. The summed E-state index contributed by atoms with van der Waals surface area (Å²) in [6, 6.07) is 7.90. The molecule has 20 heavy (non-hydrogen) atoms. The fraction of sp³-hybridized carbons (Fsp3) is 0.250. The number of benzene rings is 1. The van der Waals surface area contributed by atoms with Crippen LogP contribution in [0.3, 0.4) is 0 Å². The van der Waals surface area contributed by atoms with E-state index < -0.39 is 0 Å². The molecule has 1 atom stereocenters. The average Bonchev–Trinajstić information content (AvgIpc) is 3.18. The molecule has 0 bridgehead atoms. The van der Waals surface area contributed by atoms with Gasteiger partial charge in [0.2, 0.25) is 5.89 Å². The lowest BCUT2D eigenvalue weighted by Gasteiger charge is -2.02. The molecule has 0 aliphatic carbocycles. The predicted molar refractivity (Wildman–Crippen MR) is 76.1 cm³/mol. The second-order valence-corrected chi connectivity index (χ2v) is 4.79. The molecule has 0 saturated carbocycles. The highest BCUT2D eigenvalue weighted by molar-refractivity contribution is 5.65. The second-order valence-electron chi connectivity index (χ2n) is 4.79. The fourth-order valence-corrected chi connectivity index (χ4v) is 2.00. The number of aromatic nitrogens is 2. The molecule has 0 spiro atoms. The highest BCUT2D eigenvalue weighted by Gasteiger charge is 2.12. The summed E-state index contributed by atoms with van der Waals surface area (Å²) >= 11 is 0. The molecule has 0 saturated heterocycles. The Morgan fingerprint density at radius 1 is 1.20 bits per heavy atom. The van der Waals surface area contributed by atoms with Gasteiger partial charge in [-0.05, 0) is 18.6 Å². The molecule has 0 amide bonds. The van der Waals surface area contributed by atoms with Crippen LogP contribution in [0.2, 0.25) is 0 Å². The topological polar surface area (TPSA) is 52.1 Å². The first-order chi connectivity index (χ1) is 9.78. The molecule has 0 aliphatic rings. The largest absolute Gasteiger partial charge is 0.445 e. The van der Waals surface area contributed by atoms with Crippen molar-refractivity contribution >= 4 is 0 Å². The third kappa shape index (κ3) is 2.37.